The molecule has 21 heavy (non-hydrogen) atoms. The number of benzene rings is 1. The van der Waals surface area contributed by atoms with Crippen molar-refractivity contribution < 1.29 is 17.7 Å². The van der Waals surface area contributed by atoms with Crippen molar-refractivity contribution in [3.8, 4) is 0 Å². The fraction of sp³-hybridized carbons (Fsp3) is 0.286. The molecule has 2 aromatic rings. The number of sulfone groups is 1. The van der Waals surface area contributed by atoms with E-state index in [2.05, 4.69) is 10.5 Å². The second-order valence-corrected chi connectivity index (χ2v) is 7.40. The predicted molar refractivity (Wildman–Crippen MR) is 78.0 cm³/mol. The maximum atomic E-state index is 12.1. The number of amides is 1. The SMILES string of the molecule is Cc1cc(NC(=O)c2cccc(S(=O)(=O)C(C)C)c2)no1. The van der Waals surface area contributed by atoms with Crippen LogP contribution in [0.15, 0.2) is 39.8 Å². The highest BCUT2D eigenvalue weighted by atomic mass is 32.2. The molecule has 0 aliphatic rings. The van der Waals surface area contributed by atoms with Crippen LogP contribution in [0, 0.1) is 6.92 Å². The molecule has 6 nitrogen and oxygen atoms in total. The molecule has 0 aliphatic heterocycles. The Morgan fingerprint density at radius 2 is 2.00 bits per heavy atom. The van der Waals surface area contributed by atoms with Crippen LogP contribution < -0.4 is 5.32 Å². The molecule has 1 aromatic carbocycles. The molecule has 7 heteroatoms. The molecular weight excluding hydrogens is 292 g/mol. The summed E-state index contributed by atoms with van der Waals surface area (Å²) in [6, 6.07) is 7.50. The van der Waals surface area contributed by atoms with Crippen molar-refractivity contribution >= 4 is 21.6 Å². The molecule has 0 saturated heterocycles. The highest BCUT2D eigenvalue weighted by Gasteiger charge is 2.20. The van der Waals surface area contributed by atoms with Gasteiger partial charge in [0.2, 0.25) is 0 Å². The normalized spacial score (nSPS) is 11.6. The van der Waals surface area contributed by atoms with Gasteiger partial charge in [-0.25, -0.2) is 8.42 Å². The molecule has 0 fully saturated rings. The first kappa shape index (κ1) is 15.2. The Morgan fingerprint density at radius 1 is 1.29 bits per heavy atom. The largest absolute Gasteiger partial charge is 0.360 e. The Balaban J connectivity index is 2.27. The fourth-order valence-electron chi connectivity index (χ4n) is 1.70. The second-order valence-electron chi connectivity index (χ2n) is 4.90. The summed E-state index contributed by atoms with van der Waals surface area (Å²) in [6.45, 7) is 4.90. The lowest BCUT2D eigenvalue weighted by Gasteiger charge is -2.09. The van der Waals surface area contributed by atoms with Gasteiger partial charge in [-0.3, -0.25) is 4.79 Å². The average molecular weight is 308 g/mol. The van der Waals surface area contributed by atoms with Crippen molar-refractivity contribution in [2.24, 2.45) is 0 Å². The van der Waals surface area contributed by atoms with Crippen molar-refractivity contribution in [2.75, 3.05) is 5.32 Å². The molecule has 0 atom stereocenters. The summed E-state index contributed by atoms with van der Waals surface area (Å²) in [5, 5.41) is 5.66. The lowest BCUT2D eigenvalue weighted by Crippen LogP contribution is -2.16. The van der Waals surface area contributed by atoms with Crippen LogP contribution in [0.4, 0.5) is 5.82 Å². The Bertz CT molecular complexity index is 763. The predicted octanol–water partition coefficient (Wildman–Crippen LogP) is 2.42. The van der Waals surface area contributed by atoms with Gasteiger partial charge in [0.25, 0.3) is 5.91 Å². The number of rotatable bonds is 4. The van der Waals surface area contributed by atoms with Crippen LogP contribution in [-0.4, -0.2) is 24.7 Å². The van der Waals surface area contributed by atoms with E-state index in [-0.39, 0.29) is 16.3 Å². The zero-order chi connectivity index (χ0) is 15.6. The Hall–Kier alpha value is -2.15. The summed E-state index contributed by atoms with van der Waals surface area (Å²) in [7, 11) is -3.42. The van der Waals surface area contributed by atoms with E-state index in [0.29, 0.717) is 5.76 Å². The number of nitrogens with one attached hydrogen (secondary N) is 1. The van der Waals surface area contributed by atoms with E-state index in [9.17, 15) is 13.2 Å². The smallest absolute Gasteiger partial charge is 0.256 e. The lowest BCUT2D eigenvalue weighted by molar-refractivity contribution is 0.102. The van der Waals surface area contributed by atoms with Crippen LogP contribution in [0.1, 0.15) is 30.0 Å². The molecule has 0 saturated carbocycles. The van der Waals surface area contributed by atoms with Gasteiger partial charge in [-0.15, -0.1) is 0 Å². The number of aromatic nitrogens is 1. The first-order valence-corrected chi connectivity index (χ1v) is 7.94. The van der Waals surface area contributed by atoms with Crippen LogP contribution in [0.2, 0.25) is 0 Å². The lowest BCUT2D eigenvalue weighted by atomic mass is 10.2. The van der Waals surface area contributed by atoms with Gasteiger partial charge in [0.05, 0.1) is 10.1 Å². The Labute approximate surface area is 123 Å². The number of anilines is 1. The molecular formula is C14H16N2O4S. The van der Waals surface area contributed by atoms with E-state index in [1.807, 2.05) is 0 Å². The summed E-state index contributed by atoms with van der Waals surface area (Å²) < 4.78 is 29.1. The molecule has 1 amide bonds. The second kappa shape index (κ2) is 5.69. The maximum absolute atomic E-state index is 12.1. The van der Waals surface area contributed by atoms with Crippen LogP contribution >= 0.6 is 0 Å². The van der Waals surface area contributed by atoms with Gasteiger partial charge in [-0.2, -0.15) is 0 Å². The zero-order valence-electron chi connectivity index (χ0n) is 12.0. The third kappa shape index (κ3) is 3.30. The Morgan fingerprint density at radius 3 is 2.57 bits per heavy atom. The zero-order valence-corrected chi connectivity index (χ0v) is 12.8. The topological polar surface area (TPSA) is 89.3 Å². The first-order valence-electron chi connectivity index (χ1n) is 6.39. The van der Waals surface area contributed by atoms with Crippen LogP contribution in [0.25, 0.3) is 0 Å². The molecule has 0 spiro atoms. The van der Waals surface area contributed by atoms with Crippen molar-refractivity contribution in [1.82, 2.24) is 5.16 Å². The van der Waals surface area contributed by atoms with Crippen molar-refractivity contribution in [1.29, 1.82) is 0 Å². The van der Waals surface area contributed by atoms with Gasteiger partial charge in [-0.1, -0.05) is 11.2 Å². The molecule has 0 radical (unpaired) electrons. The quantitative estimate of drug-likeness (QED) is 0.937. The highest BCUT2D eigenvalue weighted by Crippen LogP contribution is 2.18. The van der Waals surface area contributed by atoms with E-state index in [1.54, 1.807) is 32.9 Å². The minimum Gasteiger partial charge on any atom is -0.360 e. The number of hydrogen-bond acceptors (Lipinski definition) is 5. The number of carbonyl (C=O) groups is 1. The monoisotopic (exact) mass is 308 g/mol. The third-order valence-electron chi connectivity index (χ3n) is 2.91. The maximum Gasteiger partial charge on any atom is 0.256 e. The van der Waals surface area contributed by atoms with Gasteiger partial charge in [0, 0.05) is 11.6 Å². The minimum absolute atomic E-state index is 0.126. The summed E-state index contributed by atoms with van der Waals surface area (Å²) in [5.41, 5.74) is 0.248. The Kier molecular flexibility index (Phi) is 4.13. The van der Waals surface area contributed by atoms with Crippen molar-refractivity contribution in [2.45, 2.75) is 30.9 Å². The van der Waals surface area contributed by atoms with Crippen LogP contribution in [0.3, 0.4) is 0 Å². The molecule has 0 aliphatic carbocycles. The van der Waals surface area contributed by atoms with E-state index in [1.165, 1.54) is 18.2 Å². The van der Waals surface area contributed by atoms with E-state index >= 15 is 0 Å². The van der Waals surface area contributed by atoms with Gasteiger partial charge >= 0.3 is 0 Å². The standard InChI is InChI=1S/C14H16N2O4S/c1-9(2)21(18,19)12-6-4-5-11(8-12)14(17)15-13-7-10(3)20-16-13/h4-9H,1-3H3,(H,15,16,17). The molecule has 0 unspecified atom stereocenters. The van der Waals surface area contributed by atoms with Crippen LogP contribution in [0.5, 0.6) is 0 Å². The van der Waals surface area contributed by atoms with E-state index in [0.717, 1.165) is 0 Å². The van der Waals surface area contributed by atoms with Gasteiger partial charge < -0.3 is 9.84 Å². The van der Waals surface area contributed by atoms with Gasteiger partial charge in [0.15, 0.2) is 15.7 Å². The molecule has 1 N–H and O–H groups in total. The number of hydrogen-bond donors (Lipinski definition) is 1. The minimum atomic E-state index is -3.42. The summed E-state index contributed by atoms with van der Waals surface area (Å²) in [5.74, 6) is 0.417. The van der Waals surface area contributed by atoms with E-state index < -0.39 is 21.0 Å². The fourth-order valence-corrected chi connectivity index (χ4v) is 2.80. The van der Waals surface area contributed by atoms with Gasteiger partial charge in [-0.05, 0) is 39.0 Å². The molecule has 0 bridgehead atoms. The number of carbonyl (C=O) groups excluding carboxylic acids is 1. The number of nitrogens with zero attached hydrogens (tertiary/aromatic N) is 1. The number of aryl methyl sites for hydroxylation is 1. The first-order chi connectivity index (χ1) is 9.80. The van der Waals surface area contributed by atoms with Crippen molar-refractivity contribution in [3.63, 3.8) is 0 Å². The van der Waals surface area contributed by atoms with Crippen molar-refractivity contribution in [3.05, 3.63) is 41.7 Å². The average Bonchev–Trinajstić information content (AvgIpc) is 2.84. The van der Waals surface area contributed by atoms with Crippen LogP contribution in [-0.2, 0) is 9.84 Å². The molecule has 1 heterocycles. The summed E-state index contributed by atoms with van der Waals surface area (Å²) >= 11 is 0. The summed E-state index contributed by atoms with van der Waals surface area (Å²) in [6.07, 6.45) is 0. The molecule has 2 rings (SSSR count). The summed E-state index contributed by atoms with van der Waals surface area (Å²) in [4.78, 5) is 12.2. The molecule has 1 aromatic heterocycles. The molecule has 112 valence electrons. The third-order valence-corrected chi connectivity index (χ3v) is 5.07. The van der Waals surface area contributed by atoms with E-state index in [4.69, 9.17) is 4.52 Å². The highest BCUT2D eigenvalue weighted by molar-refractivity contribution is 7.92. The van der Waals surface area contributed by atoms with Gasteiger partial charge in [0.1, 0.15) is 5.76 Å².